The number of rotatable bonds is 4. The van der Waals surface area contributed by atoms with Crippen LogP contribution in [-0.4, -0.2) is 46.5 Å². The molecule has 0 unspecified atom stereocenters. The fourth-order valence-electron chi connectivity index (χ4n) is 1.83. The Labute approximate surface area is 109 Å². The van der Waals surface area contributed by atoms with Crippen LogP contribution in [0.3, 0.4) is 0 Å². The number of carbonyl (C=O) groups is 4. The zero-order valence-corrected chi connectivity index (χ0v) is 10.3. The molecule has 6 heteroatoms. The minimum atomic E-state index is -0.948. The van der Waals surface area contributed by atoms with Gasteiger partial charge in [-0.25, -0.2) is 9.69 Å². The standard InChI is InChI=1S/C13H12N2O4/c1-2-14-11(17)12(18)15(13(14)19)8-10(16)9-6-4-3-5-7-9/h3-7H,2,8H2,1H3. The number of amides is 4. The Balaban J connectivity index is 2.16. The van der Waals surface area contributed by atoms with E-state index in [4.69, 9.17) is 0 Å². The van der Waals surface area contributed by atoms with Gasteiger partial charge in [0.25, 0.3) is 0 Å². The van der Waals surface area contributed by atoms with Crippen molar-refractivity contribution in [2.75, 3.05) is 13.1 Å². The van der Waals surface area contributed by atoms with Gasteiger partial charge in [-0.05, 0) is 6.92 Å². The van der Waals surface area contributed by atoms with Gasteiger partial charge in [-0.2, -0.15) is 0 Å². The van der Waals surface area contributed by atoms with Crippen LogP contribution in [0.4, 0.5) is 4.79 Å². The number of urea groups is 1. The molecule has 1 aliphatic heterocycles. The second kappa shape index (κ2) is 5.01. The van der Waals surface area contributed by atoms with Crippen LogP contribution in [0.5, 0.6) is 0 Å². The Morgan fingerprint density at radius 3 is 2.11 bits per heavy atom. The van der Waals surface area contributed by atoms with E-state index in [0.717, 1.165) is 4.90 Å². The maximum atomic E-state index is 11.9. The summed E-state index contributed by atoms with van der Waals surface area (Å²) in [4.78, 5) is 48.3. The lowest BCUT2D eigenvalue weighted by atomic mass is 10.1. The molecule has 19 heavy (non-hydrogen) atoms. The van der Waals surface area contributed by atoms with Crippen molar-refractivity contribution in [3.63, 3.8) is 0 Å². The SMILES string of the molecule is CCN1C(=O)C(=O)N(CC(=O)c2ccccc2)C1=O. The van der Waals surface area contributed by atoms with Gasteiger partial charge in [0.15, 0.2) is 5.78 Å². The van der Waals surface area contributed by atoms with Gasteiger partial charge in [-0.3, -0.25) is 19.3 Å². The van der Waals surface area contributed by atoms with Crippen LogP contribution < -0.4 is 0 Å². The van der Waals surface area contributed by atoms with Crippen molar-refractivity contribution < 1.29 is 19.2 Å². The molecule has 98 valence electrons. The van der Waals surface area contributed by atoms with Crippen molar-refractivity contribution in [3.8, 4) is 0 Å². The largest absolute Gasteiger partial charge is 0.334 e. The quantitative estimate of drug-likeness (QED) is 0.453. The fraction of sp³-hybridized carbons (Fsp3) is 0.231. The molecular weight excluding hydrogens is 248 g/mol. The molecule has 1 saturated heterocycles. The molecular formula is C13H12N2O4. The number of hydrogen-bond donors (Lipinski definition) is 0. The fourth-order valence-corrected chi connectivity index (χ4v) is 1.83. The minimum absolute atomic E-state index is 0.111. The van der Waals surface area contributed by atoms with Gasteiger partial charge in [-0.1, -0.05) is 30.3 Å². The number of nitrogens with zero attached hydrogens (tertiary/aromatic N) is 2. The highest BCUT2D eigenvalue weighted by molar-refractivity contribution is 6.45. The highest BCUT2D eigenvalue weighted by atomic mass is 16.2. The van der Waals surface area contributed by atoms with Crippen LogP contribution in [0.25, 0.3) is 0 Å². The Morgan fingerprint density at radius 1 is 1.00 bits per heavy atom. The maximum Gasteiger partial charge on any atom is 0.334 e. The van der Waals surface area contributed by atoms with E-state index in [0.29, 0.717) is 10.5 Å². The molecule has 4 amide bonds. The molecule has 0 bridgehead atoms. The average Bonchev–Trinajstić information content (AvgIpc) is 2.63. The van der Waals surface area contributed by atoms with Gasteiger partial charge in [-0.15, -0.1) is 0 Å². The zero-order chi connectivity index (χ0) is 14.0. The maximum absolute atomic E-state index is 11.9. The summed E-state index contributed by atoms with van der Waals surface area (Å²) in [6.45, 7) is 1.29. The van der Waals surface area contributed by atoms with E-state index in [2.05, 4.69) is 0 Å². The lowest BCUT2D eigenvalue weighted by molar-refractivity contribution is -0.143. The van der Waals surface area contributed by atoms with Gasteiger partial charge >= 0.3 is 17.8 Å². The lowest BCUT2D eigenvalue weighted by Gasteiger charge is -2.13. The Morgan fingerprint density at radius 2 is 1.58 bits per heavy atom. The predicted molar refractivity (Wildman–Crippen MR) is 65.3 cm³/mol. The number of Topliss-reactive ketones (excluding diaryl/α,β-unsaturated/α-hetero) is 1. The highest BCUT2D eigenvalue weighted by Gasteiger charge is 2.44. The average molecular weight is 260 g/mol. The topological polar surface area (TPSA) is 74.8 Å². The molecule has 1 aromatic carbocycles. The highest BCUT2D eigenvalue weighted by Crippen LogP contribution is 2.12. The van der Waals surface area contributed by atoms with Crippen LogP contribution >= 0.6 is 0 Å². The number of benzene rings is 1. The summed E-state index contributed by atoms with van der Waals surface area (Å²) in [6, 6.07) is 7.57. The Bertz CT molecular complexity index is 553. The normalized spacial score (nSPS) is 15.3. The number of carbonyl (C=O) groups excluding carboxylic acids is 4. The van der Waals surface area contributed by atoms with Crippen molar-refractivity contribution in [1.29, 1.82) is 0 Å². The Hall–Kier alpha value is -2.50. The van der Waals surface area contributed by atoms with Gasteiger partial charge in [0, 0.05) is 12.1 Å². The van der Waals surface area contributed by atoms with Crippen LogP contribution in [0.15, 0.2) is 30.3 Å². The lowest BCUT2D eigenvalue weighted by Crippen LogP contribution is -2.36. The molecule has 1 heterocycles. The third-order valence-electron chi connectivity index (χ3n) is 2.85. The molecule has 1 fully saturated rings. The summed E-state index contributed by atoms with van der Waals surface area (Å²) in [5.74, 6) is -2.21. The van der Waals surface area contributed by atoms with Crippen molar-refractivity contribution in [1.82, 2.24) is 9.80 Å². The van der Waals surface area contributed by atoms with Crippen LogP contribution in [0.2, 0.25) is 0 Å². The van der Waals surface area contributed by atoms with Crippen molar-refractivity contribution >= 4 is 23.6 Å². The van der Waals surface area contributed by atoms with Crippen molar-refractivity contribution in [2.24, 2.45) is 0 Å². The summed E-state index contributed by atoms with van der Waals surface area (Å²) in [6.07, 6.45) is 0. The molecule has 0 radical (unpaired) electrons. The molecule has 0 atom stereocenters. The molecule has 1 aromatic rings. The number of ketones is 1. The van der Waals surface area contributed by atoms with E-state index in [1.165, 1.54) is 0 Å². The second-order valence-corrected chi connectivity index (χ2v) is 4.01. The van der Waals surface area contributed by atoms with E-state index in [1.807, 2.05) is 0 Å². The summed E-state index contributed by atoms with van der Waals surface area (Å²) in [5.41, 5.74) is 0.394. The third-order valence-corrected chi connectivity index (χ3v) is 2.85. The monoisotopic (exact) mass is 260 g/mol. The van der Waals surface area contributed by atoms with E-state index >= 15 is 0 Å². The van der Waals surface area contributed by atoms with Gasteiger partial charge in [0.1, 0.15) is 0 Å². The number of imide groups is 2. The molecule has 0 aromatic heterocycles. The summed E-state index contributed by atoms with van der Waals surface area (Å²) >= 11 is 0. The van der Waals surface area contributed by atoms with Gasteiger partial charge in [0.05, 0.1) is 6.54 Å². The first-order valence-electron chi connectivity index (χ1n) is 5.81. The van der Waals surface area contributed by atoms with Crippen LogP contribution in [0, 0.1) is 0 Å². The molecule has 0 saturated carbocycles. The van der Waals surface area contributed by atoms with E-state index in [1.54, 1.807) is 37.3 Å². The van der Waals surface area contributed by atoms with Crippen molar-refractivity contribution in [3.05, 3.63) is 35.9 Å². The zero-order valence-electron chi connectivity index (χ0n) is 10.3. The number of hydrogen-bond acceptors (Lipinski definition) is 4. The first-order chi connectivity index (χ1) is 9.06. The molecule has 6 nitrogen and oxygen atoms in total. The minimum Gasteiger partial charge on any atom is -0.292 e. The smallest absolute Gasteiger partial charge is 0.292 e. The number of likely N-dealkylation sites (N-methyl/N-ethyl adjacent to an activating group) is 1. The van der Waals surface area contributed by atoms with Gasteiger partial charge in [0.2, 0.25) is 0 Å². The summed E-state index contributed by atoms with van der Waals surface area (Å²) in [7, 11) is 0. The summed E-state index contributed by atoms with van der Waals surface area (Å²) in [5, 5.41) is 0. The summed E-state index contributed by atoms with van der Waals surface area (Å²) < 4.78 is 0. The third kappa shape index (κ3) is 2.24. The molecule has 1 aliphatic rings. The van der Waals surface area contributed by atoms with Crippen LogP contribution in [0.1, 0.15) is 17.3 Å². The van der Waals surface area contributed by atoms with Gasteiger partial charge < -0.3 is 0 Å². The second-order valence-electron chi connectivity index (χ2n) is 4.01. The first kappa shape index (κ1) is 12.9. The predicted octanol–water partition coefficient (Wildman–Crippen LogP) is 0.680. The Kier molecular flexibility index (Phi) is 3.41. The van der Waals surface area contributed by atoms with Crippen LogP contribution in [-0.2, 0) is 9.59 Å². The molecule has 0 N–H and O–H groups in total. The van der Waals surface area contributed by atoms with E-state index in [-0.39, 0.29) is 12.3 Å². The molecule has 2 rings (SSSR count). The van der Waals surface area contributed by atoms with E-state index < -0.39 is 24.4 Å². The molecule has 0 spiro atoms. The van der Waals surface area contributed by atoms with E-state index in [9.17, 15) is 19.2 Å². The molecule has 0 aliphatic carbocycles. The first-order valence-corrected chi connectivity index (χ1v) is 5.81. The van der Waals surface area contributed by atoms with Crippen molar-refractivity contribution in [2.45, 2.75) is 6.92 Å².